The van der Waals surface area contributed by atoms with E-state index in [1.54, 1.807) is 6.92 Å². The maximum atomic E-state index is 13.6. The van der Waals surface area contributed by atoms with Crippen LogP contribution in [0.15, 0.2) is 41.3 Å². The molecule has 1 amide bonds. The van der Waals surface area contributed by atoms with Crippen molar-refractivity contribution in [3.05, 3.63) is 68.9 Å². The molecule has 1 unspecified atom stereocenters. The number of aromatic nitrogens is 2. The van der Waals surface area contributed by atoms with Crippen LogP contribution >= 0.6 is 0 Å². The van der Waals surface area contributed by atoms with Crippen LogP contribution in [0.3, 0.4) is 0 Å². The van der Waals surface area contributed by atoms with Gasteiger partial charge in [-0.1, -0.05) is 19.1 Å². The Balaban J connectivity index is 1.90. The predicted molar refractivity (Wildman–Crippen MR) is 146 cm³/mol. The highest BCUT2D eigenvalue weighted by Gasteiger charge is 2.33. The minimum Gasteiger partial charge on any atom is -0.437 e. The number of rotatable bonds is 9. The van der Waals surface area contributed by atoms with Gasteiger partial charge in [-0.2, -0.15) is 14.1 Å². The number of sulfonamides is 1. The monoisotopic (exact) mass is 555 g/mol. The Bertz CT molecular complexity index is 1530. The smallest absolute Gasteiger partial charge is 0.272 e. The summed E-state index contributed by atoms with van der Waals surface area (Å²) < 4.78 is 36.2. The summed E-state index contributed by atoms with van der Waals surface area (Å²) in [4.78, 5) is 23.7. The van der Waals surface area contributed by atoms with Gasteiger partial charge in [0, 0.05) is 36.8 Å². The molecule has 0 aliphatic carbocycles. The number of aryl methyl sites for hydroxylation is 2. The lowest BCUT2D eigenvalue weighted by atomic mass is 10.1. The van der Waals surface area contributed by atoms with Gasteiger partial charge >= 0.3 is 0 Å². The van der Waals surface area contributed by atoms with Crippen molar-refractivity contribution in [2.75, 3.05) is 13.1 Å². The molecule has 3 aromatic rings. The largest absolute Gasteiger partial charge is 0.437 e. The Kier molecular flexibility index (Phi) is 8.07. The Morgan fingerprint density at radius 2 is 1.85 bits per heavy atom. The van der Waals surface area contributed by atoms with Crippen LogP contribution in [0.4, 0.5) is 5.69 Å². The number of nitrogens with one attached hydrogen (secondary N) is 1. The first-order valence-electron chi connectivity index (χ1n) is 12.9. The lowest BCUT2D eigenvalue weighted by Crippen LogP contribution is -2.32. The van der Waals surface area contributed by atoms with Crippen LogP contribution in [-0.2, 0) is 10.0 Å². The van der Waals surface area contributed by atoms with Gasteiger partial charge in [-0.15, -0.1) is 0 Å². The summed E-state index contributed by atoms with van der Waals surface area (Å²) in [6.45, 7) is 9.98. The van der Waals surface area contributed by atoms with Crippen molar-refractivity contribution >= 4 is 21.6 Å². The van der Waals surface area contributed by atoms with Gasteiger partial charge in [0.25, 0.3) is 11.6 Å². The zero-order chi connectivity index (χ0) is 28.5. The molecule has 11 nitrogen and oxygen atoms in total. The zero-order valence-corrected chi connectivity index (χ0v) is 23.5. The molecule has 0 bridgehead atoms. The molecule has 0 radical (unpaired) electrons. The second-order valence-electron chi connectivity index (χ2n) is 9.86. The molecule has 1 aliphatic rings. The van der Waals surface area contributed by atoms with Crippen molar-refractivity contribution < 1.29 is 22.9 Å². The Labute approximate surface area is 228 Å². The highest BCUT2D eigenvalue weighted by molar-refractivity contribution is 7.89. The van der Waals surface area contributed by atoms with E-state index in [1.807, 2.05) is 45.9 Å². The number of carbonyl (C=O) groups excluding carboxylic acids is 1. The molecule has 0 spiro atoms. The van der Waals surface area contributed by atoms with Crippen LogP contribution in [0.5, 0.6) is 11.6 Å². The number of benzene rings is 2. The van der Waals surface area contributed by atoms with Crippen LogP contribution in [0.1, 0.15) is 60.3 Å². The number of non-ortho nitro benzene ring substituents is 1. The number of nitrogens with zero attached hydrogens (tertiary/aromatic N) is 4. The summed E-state index contributed by atoms with van der Waals surface area (Å²) in [5, 5.41) is 19.0. The number of ether oxygens (including phenoxy) is 1. The van der Waals surface area contributed by atoms with E-state index in [-0.39, 0.29) is 39.9 Å². The summed E-state index contributed by atoms with van der Waals surface area (Å²) in [5.74, 6) is -0.329. The van der Waals surface area contributed by atoms with Gasteiger partial charge in [0.1, 0.15) is 10.6 Å². The molecular weight excluding hydrogens is 522 g/mol. The molecule has 4 rings (SSSR count). The topological polar surface area (TPSA) is 137 Å². The maximum Gasteiger partial charge on any atom is 0.272 e. The van der Waals surface area contributed by atoms with Crippen LogP contribution in [0.2, 0.25) is 0 Å². The quantitative estimate of drug-likeness (QED) is 0.295. The second-order valence-corrected chi connectivity index (χ2v) is 11.8. The van der Waals surface area contributed by atoms with Crippen LogP contribution in [0.25, 0.3) is 5.69 Å². The molecular formula is C27H33N5O6S. The molecule has 1 N–H and O–H groups in total. The van der Waals surface area contributed by atoms with E-state index >= 15 is 0 Å². The average Bonchev–Trinajstić information content (AvgIpc) is 3.55. The molecule has 39 heavy (non-hydrogen) atoms. The van der Waals surface area contributed by atoms with E-state index < -0.39 is 14.9 Å². The highest BCUT2D eigenvalue weighted by Crippen LogP contribution is 2.38. The zero-order valence-electron chi connectivity index (χ0n) is 22.7. The summed E-state index contributed by atoms with van der Waals surface area (Å²) in [5.41, 5.74) is 2.63. The fraction of sp³-hybridized carbons (Fsp3) is 0.407. The van der Waals surface area contributed by atoms with Crippen LogP contribution in [0, 0.1) is 30.9 Å². The third-order valence-electron chi connectivity index (χ3n) is 6.89. The van der Waals surface area contributed by atoms with Crippen LogP contribution < -0.4 is 10.1 Å². The summed E-state index contributed by atoms with van der Waals surface area (Å²) in [6.07, 6.45) is 2.14. The minimum absolute atomic E-state index is 0.0843. The lowest BCUT2D eigenvalue weighted by Gasteiger charge is -2.19. The van der Waals surface area contributed by atoms with Gasteiger partial charge in [-0.05, 0) is 70.2 Å². The molecule has 1 saturated heterocycles. The second kappa shape index (κ2) is 11.1. The first-order valence-corrected chi connectivity index (χ1v) is 14.3. The normalized spacial score (nSPS) is 14.8. The van der Waals surface area contributed by atoms with Gasteiger partial charge in [0.15, 0.2) is 5.69 Å². The van der Waals surface area contributed by atoms with Gasteiger partial charge in [-0.25, -0.2) is 8.42 Å². The third-order valence-corrected chi connectivity index (χ3v) is 8.81. The van der Waals surface area contributed by atoms with Crippen molar-refractivity contribution in [1.29, 1.82) is 0 Å². The number of nitro groups is 1. The van der Waals surface area contributed by atoms with E-state index in [0.717, 1.165) is 23.6 Å². The van der Waals surface area contributed by atoms with E-state index in [2.05, 4.69) is 10.4 Å². The van der Waals surface area contributed by atoms with Gasteiger partial charge in [0.2, 0.25) is 15.9 Å². The molecule has 1 atom stereocenters. The average molecular weight is 556 g/mol. The fourth-order valence-electron chi connectivity index (χ4n) is 4.39. The molecule has 1 fully saturated rings. The number of carbonyl (C=O) groups is 1. The molecule has 208 valence electrons. The standard InChI is InChI=1S/C27H33N5O6S/c1-6-19(4)28-26(33)25-20(5)27(31(29-25)22-15-17(2)9-10-18(22)3)38-23-12-11-21(32(34)35)16-24(23)39(36,37)30-13-7-8-14-30/h9-12,15-16,19H,6-8,13-14H2,1-5H3,(H,28,33). The van der Waals surface area contributed by atoms with Crippen molar-refractivity contribution in [2.24, 2.45) is 0 Å². The highest BCUT2D eigenvalue weighted by atomic mass is 32.2. The van der Waals surface area contributed by atoms with Crippen molar-refractivity contribution in [1.82, 2.24) is 19.4 Å². The number of amides is 1. The van der Waals surface area contributed by atoms with Gasteiger partial charge < -0.3 is 10.1 Å². The molecule has 12 heteroatoms. The first-order chi connectivity index (χ1) is 18.4. The maximum absolute atomic E-state index is 13.6. The number of nitro benzene ring substituents is 1. The first kappa shape index (κ1) is 28.2. The Morgan fingerprint density at radius 3 is 2.49 bits per heavy atom. The van der Waals surface area contributed by atoms with Crippen molar-refractivity contribution in [3.8, 4) is 17.3 Å². The minimum atomic E-state index is -4.08. The summed E-state index contributed by atoms with van der Waals surface area (Å²) >= 11 is 0. The Morgan fingerprint density at radius 1 is 1.15 bits per heavy atom. The van der Waals surface area contributed by atoms with Crippen molar-refractivity contribution in [2.45, 2.75) is 64.8 Å². The number of hydrogen-bond acceptors (Lipinski definition) is 7. The Hall–Kier alpha value is -3.77. The summed E-state index contributed by atoms with van der Waals surface area (Å²) in [6, 6.07) is 9.17. The van der Waals surface area contributed by atoms with Gasteiger partial charge in [-0.3, -0.25) is 14.9 Å². The fourth-order valence-corrected chi connectivity index (χ4v) is 6.04. The molecule has 2 aromatic carbocycles. The van der Waals surface area contributed by atoms with E-state index in [0.29, 0.717) is 37.2 Å². The van der Waals surface area contributed by atoms with E-state index in [9.17, 15) is 23.3 Å². The SMILES string of the molecule is CCC(C)NC(=O)c1nn(-c2cc(C)ccc2C)c(Oc2ccc([N+](=O)[O-])cc2S(=O)(=O)N2CCCC2)c1C. The lowest BCUT2D eigenvalue weighted by molar-refractivity contribution is -0.385. The predicted octanol–water partition coefficient (Wildman–Crippen LogP) is 4.81. The molecule has 1 aliphatic heterocycles. The van der Waals surface area contributed by atoms with E-state index in [1.165, 1.54) is 21.1 Å². The third kappa shape index (κ3) is 5.66. The molecule has 2 heterocycles. The number of hydrogen-bond donors (Lipinski definition) is 1. The summed E-state index contributed by atoms with van der Waals surface area (Å²) in [7, 11) is -4.08. The van der Waals surface area contributed by atoms with Crippen LogP contribution in [-0.4, -0.2) is 52.5 Å². The molecule has 0 saturated carbocycles. The van der Waals surface area contributed by atoms with E-state index in [4.69, 9.17) is 4.74 Å². The van der Waals surface area contributed by atoms with Gasteiger partial charge in [0.05, 0.1) is 10.6 Å². The molecule has 1 aromatic heterocycles. The van der Waals surface area contributed by atoms with Crippen molar-refractivity contribution in [3.63, 3.8) is 0 Å².